The van der Waals surface area contributed by atoms with E-state index in [9.17, 15) is 9.50 Å². The Balaban J connectivity index is 3.01. The summed E-state index contributed by atoms with van der Waals surface area (Å²) in [6.07, 6.45) is 0. The smallest absolute Gasteiger partial charge is 0.194 e. The predicted octanol–water partition coefficient (Wildman–Crippen LogP) is 3.77. The van der Waals surface area contributed by atoms with Gasteiger partial charge >= 0.3 is 0 Å². The highest BCUT2D eigenvalue weighted by Gasteiger charge is 2.08. The molecule has 0 saturated carbocycles. The highest BCUT2D eigenvalue weighted by atomic mass is 79.9. The van der Waals surface area contributed by atoms with Crippen molar-refractivity contribution in [2.24, 2.45) is 0 Å². The van der Waals surface area contributed by atoms with E-state index in [-0.39, 0.29) is 10.5 Å². The molecule has 2 nitrogen and oxygen atoms in total. The highest BCUT2D eigenvalue weighted by molar-refractivity contribution is 9.10. The van der Waals surface area contributed by atoms with Crippen LogP contribution in [0.25, 0.3) is 11.0 Å². The van der Waals surface area contributed by atoms with Crippen molar-refractivity contribution in [1.82, 2.24) is 0 Å². The number of fused-ring (bicyclic) bond motifs is 1. The molecule has 0 aliphatic rings. The van der Waals surface area contributed by atoms with E-state index < -0.39 is 5.82 Å². The van der Waals surface area contributed by atoms with Gasteiger partial charge in [-0.05, 0) is 40.3 Å². The van der Waals surface area contributed by atoms with Crippen molar-refractivity contribution in [2.45, 2.75) is 0 Å². The predicted molar refractivity (Wildman–Crippen MR) is 56.4 cm³/mol. The van der Waals surface area contributed by atoms with E-state index in [0.29, 0.717) is 15.4 Å². The van der Waals surface area contributed by atoms with Gasteiger partial charge in [-0.15, -0.1) is 0 Å². The van der Waals surface area contributed by atoms with Crippen molar-refractivity contribution in [3.63, 3.8) is 0 Å². The van der Waals surface area contributed by atoms with Crippen LogP contribution in [-0.4, -0.2) is 5.11 Å². The average molecular weight is 275 g/mol. The second kappa shape index (κ2) is 3.33. The topological polar surface area (TPSA) is 33.4 Å². The Kier molecular flexibility index (Phi) is 2.28. The van der Waals surface area contributed by atoms with Gasteiger partial charge < -0.3 is 9.52 Å². The van der Waals surface area contributed by atoms with E-state index in [0.717, 1.165) is 0 Å². The lowest BCUT2D eigenvalue weighted by atomic mass is 10.2. The normalized spacial score (nSPS) is 10.7. The van der Waals surface area contributed by atoms with Crippen LogP contribution < -0.4 is 0 Å². The van der Waals surface area contributed by atoms with Gasteiger partial charge in [-0.1, -0.05) is 0 Å². The Morgan fingerprint density at radius 1 is 1.36 bits per heavy atom. The molecular formula is C9H4BrFO2S. The molecule has 5 heteroatoms. The Labute approximate surface area is 92.1 Å². The van der Waals surface area contributed by atoms with Crippen LogP contribution in [0.4, 0.5) is 4.39 Å². The number of aromatic hydroxyl groups is 1. The van der Waals surface area contributed by atoms with Crippen molar-refractivity contribution in [3.8, 4) is 5.75 Å². The van der Waals surface area contributed by atoms with Gasteiger partial charge in [0.25, 0.3) is 0 Å². The van der Waals surface area contributed by atoms with E-state index >= 15 is 0 Å². The number of rotatable bonds is 0. The molecule has 1 aromatic carbocycles. The second-order valence-electron chi connectivity index (χ2n) is 2.71. The third-order valence-corrected chi connectivity index (χ3v) is 2.53. The van der Waals surface area contributed by atoms with Gasteiger partial charge in [-0.2, -0.15) is 0 Å². The largest absolute Gasteiger partial charge is 0.507 e. The summed E-state index contributed by atoms with van der Waals surface area (Å²) in [5.74, 6) is -0.538. The molecule has 0 bridgehead atoms. The molecule has 0 aliphatic carbocycles. The Morgan fingerprint density at radius 3 is 2.79 bits per heavy atom. The number of hydrogen-bond acceptors (Lipinski definition) is 3. The number of halogens is 2. The van der Waals surface area contributed by atoms with E-state index in [1.54, 1.807) is 0 Å². The lowest BCUT2D eigenvalue weighted by molar-refractivity contribution is 0.471. The summed E-state index contributed by atoms with van der Waals surface area (Å²) in [5, 5.41) is 9.78. The van der Waals surface area contributed by atoms with Crippen LogP contribution >= 0.6 is 28.1 Å². The molecule has 1 aromatic heterocycles. The zero-order chi connectivity index (χ0) is 10.3. The standard InChI is InChI=1S/C9H4BrFO2S/c10-6-2-4(11)1-5-7(12)3-8(14)13-9(5)6/h1-3,12H. The Morgan fingerprint density at radius 2 is 2.07 bits per heavy atom. The van der Waals surface area contributed by atoms with Crippen LogP contribution in [0.1, 0.15) is 0 Å². The third-order valence-electron chi connectivity index (χ3n) is 1.74. The molecule has 2 rings (SSSR count). The quantitative estimate of drug-likeness (QED) is 0.743. The minimum absolute atomic E-state index is 0.0866. The molecule has 0 radical (unpaired) electrons. The summed E-state index contributed by atoms with van der Waals surface area (Å²) >= 11 is 7.90. The van der Waals surface area contributed by atoms with Crippen molar-refractivity contribution < 1.29 is 13.9 Å². The maximum Gasteiger partial charge on any atom is 0.194 e. The van der Waals surface area contributed by atoms with Gasteiger partial charge in [0.15, 0.2) is 10.3 Å². The van der Waals surface area contributed by atoms with Crippen LogP contribution in [0, 0.1) is 10.5 Å². The first-order valence-corrected chi connectivity index (χ1v) is 4.90. The first-order valence-electron chi connectivity index (χ1n) is 3.70. The molecule has 14 heavy (non-hydrogen) atoms. The lowest BCUT2D eigenvalue weighted by Gasteiger charge is -2.01. The molecule has 0 unspecified atom stereocenters. The zero-order valence-corrected chi connectivity index (χ0v) is 9.15. The Hall–Kier alpha value is -0.940. The molecule has 0 amide bonds. The fraction of sp³-hybridized carbons (Fsp3) is 0. The summed E-state index contributed by atoms with van der Waals surface area (Å²) in [6, 6.07) is 3.71. The molecule has 0 fully saturated rings. The van der Waals surface area contributed by atoms with E-state index in [2.05, 4.69) is 15.9 Å². The molecular weight excluding hydrogens is 271 g/mol. The van der Waals surface area contributed by atoms with Gasteiger partial charge in [-0.25, -0.2) is 4.39 Å². The van der Waals surface area contributed by atoms with Crippen molar-refractivity contribution >= 4 is 39.1 Å². The van der Waals surface area contributed by atoms with Crippen LogP contribution in [0.5, 0.6) is 5.75 Å². The van der Waals surface area contributed by atoms with Crippen molar-refractivity contribution in [2.75, 3.05) is 0 Å². The monoisotopic (exact) mass is 274 g/mol. The van der Waals surface area contributed by atoms with Crippen molar-refractivity contribution in [3.05, 3.63) is 33.2 Å². The van der Waals surface area contributed by atoms with Gasteiger partial charge in [-0.3, -0.25) is 0 Å². The highest BCUT2D eigenvalue weighted by Crippen LogP contribution is 2.31. The van der Waals surface area contributed by atoms with E-state index in [4.69, 9.17) is 16.6 Å². The molecule has 72 valence electrons. The summed E-state index contributed by atoms with van der Waals surface area (Å²) < 4.78 is 18.7. The zero-order valence-electron chi connectivity index (χ0n) is 6.75. The average Bonchev–Trinajstić information content (AvgIpc) is 2.07. The van der Waals surface area contributed by atoms with Crippen LogP contribution in [-0.2, 0) is 0 Å². The molecule has 0 atom stereocenters. The fourth-order valence-corrected chi connectivity index (χ4v) is 1.88. The molecule has 0 aliphatic heterocycles. The van der Waals surface area contributed by atoms with Crippen LogP contribution in [0.3, 0.4) is 0 Å². The maximum absolute atomic E-state index is 13.0. The van der Waals surface area contributed by atoms with Crippen LogP contribution in [0.2, 0.25) is 0 Å². The van der Waals surface area contributed by atoms with Gasteiger partial charge in [0.2, 0.25) is 0 Å². The van der Waals surface area contributed by atoms with Crippen LogP contribution in [0.15, 0.2) is 27.1 Å². The first-order chi connectivity index (χ1) is 6.58. The molecule has 0 spiro atoms. The first kappa shape index (κ1) is 9.61. The summed E-state index contributed by atoms with van der Waals surface area (Å²) in [6.45, 7) is 0. The van der Waals surface area contributed by atoms with E-state index in [1.165, 1.54) is 18.2 Å². The van der Waals surface area contributed by atoms with Gasteiger partial charge in [0.05, 0.1) is 9.86 Å². The summed E-state index contributed by atoms with van der Waals surface area (Å²) in [5.41, 5.74) is 0.344. The van der Waals surface area contributed by atoms with Gasteiger partial charge in [0, 0.05) is 6.07 Å². The SMILES string of the molecule is Oc1cc(=S)oc2c(Br)cc(F)cc12. The minimum Gasteiger partial charge on any atom is -0.507 e. The third kappa shape index (κ3) is 1.53. The summed E-state index contributed by atoms with van der Waals surface area (Å²) in [7, 11) is 0. The maximum atomic E-state index is 13.0. The minimum atomic E-state index is -0.452. The lowest BCUT2D eigenvalue weighted by Crippen LogP contribution is -1.80. The Bertz CT molecular complexity index is 564. The number of benzene rings is 1. The molecule has 2 aromatic rings. The van der Waals surface area contributed by atoms with E-state index in [1.807, 2.05) is 0 Å². The number of hydrogen-bond donors (Lipinski definition) is 1. The summed E-state index contributed by atoms with van der Waals surface area (Å²) in [4.78, 5) is 0. The second-order valence-corrected chi connectivity index (χ2v) is 3.97. The molecule has 1 N–H and O–H groups in total. The van der Waals surface area contributed by atoms with Gasteiger partial charge in [0.1, 0.15) is 11.6 Å². The van der Waals surface area contributed by atoms with Crippen molar-refractivity contribution in [1.29, 1.82) is 0 Å². The molecule has 0 saturated heterocycles. The fourth-order valence-electron chi connectivity index (χ4n) is 1.17. The molecule has 1 heterocycles.